The van der Waals surface area contributed by atoms with Gasteiger partial charge >= 0.3 is 0 Å². The van der Waals surface area contributed by atoms with Crippen molar-refractivity contribution in [2.45, 2.75) is 0 Å². The van der Waals surface area contributed by atoms with Gasteiger partial charge in [0.2, 0.25) is 0 Å². The molecule has 32 heavy (non-hydrogen) atoms. The number of anilines is 2. The first-order valence-electron chi connectivity index (χ1n) is 10.5. The molecule has 1 amide bonds. The molecule has 1 N–H and O–H groups in total. The second-order valence-electron chi connectivity index (χ2n) is 7.39. The average molecular weight is 432 g/mol. The molecule has 1 saturated heterocycles. The Balaban J connectivity index is 1.62. The number of rotatable bonds is 6. The monoisotopic (exact) mass is 432 g/mol. The number of hydrogen-bond donors (Lipinski definition) is 1. The zero-order valence-electron chi connectivity index (χ0n) is 17.9. The lowest BCUT2D eigenvalue weighted by atomic mass is 10.0. The zero-order chi connectivity index (χ0) is 22.3. The Labute approximate surface area is 187 Å². The minimum absolute atomic E-state index is 0.333. The highest BCUT2D eigenvalue weighted by Gasteiger charge is 2.17. The number of nitrogens with one attached hydrogen (secondary N) is 1. The largest absolute Gasteiger partial charge is 0.496 e. The van der Waals surface area contributed by atoms with Crippen LogP contribution in [0.5, 0.6) is 5.75 Å². The highest BCUT2D eigenvalue weighted by atomic mass is 19.1. The molecule has 5 nitrogen and oxygen atoms in total. The molecule has 0 spiro atoms. The van der Waals surface area contributed by atoms with E-state index in [1.807, 2.05) is 59.5 Å². The van der Waals surface area contributed by atoms with Crippen LogP contribution in [0.2, 0.25) is 0 Å². The summed E-state index contributed by atoms with van der Waals surface area (Å²) in [5, 5.41) is 2.84. The summed E-state index contributed by atoms with van der Waals surface area (Å²) in [5.41, 5.74) is 2.89. The SMILES string of the molecule is COc1ccccc1/C=C(/C(=O)Nc1ccc(N2CCOCC2)c(F)c1)c1ccccc1. The number of methoxy groups -OCH3 is 1. The van der Waals surface area contributed by atoms with Crippen molar-refractivity contribution < 1.29 is 18.7 Å². The Bertz CT molecular complexity index is 1110. The molecule has 0 bridgehead atoms. The van der Waals surface area contributed by atoms with E-state index in [2.05, 4.69) is 5.32 Å². The minimum Gasteiger partial charge on any atom is -0.496 e. The number of carbonyl (C=O) groups is 1. The van der Waals surface area contributed by atoms with Crippen LogP contribution < -0.4 is 15.0 Å². The highest BCUT2D eigenvalue weighted by molar-refractivity contribution is 6.29. The standard InChI is InChI=1S/C26H25FN2O3/c1-31-25-10-6-5-9-20(25)17-22(19-7-3-2-4-8-19)26(30)28-21-11-12-24(23(27)18-21)29-13-15-32-16-14-29/h2-12,17-18H,13-16H2,1H3,(H,28,30)/b22-17+. The molecule has 3 aromatic carbocycles. The molecule has 6 heteroatoms. The van der Waals surface area contributed by atoms with Crippen LogP contribution in [0.3, 0.4) is 0 Å². The minimum atomic E-state index is -0.375. The Morgan fingerprint density at radius 2 is 1.75 bits per heavy atom. The molecule has 1 fully saturated rings. The summed E-state index contributed by atoms with van der Waals surface area (Å²) in [5.74, 6) is -0.0464. The molecule has 0 saturated carbocycles. The van der Waals surface area contributed by atoms with Crippen molar-refractivity contribution in [2.75, 3.05) is 43.6 Å². The predicted molar refractivity (Wildman–Crippen MR) is 125 cm³/mol. The van der Waals surface area contributed by atoms with Gasteiger partial charge in [-0.1, -0.05) is 48.5 Å². The number of morpholine rings is 1. The number of hydrogen-bond acceptors (Lipinski definition) is 4. The Morgan fingerprint density at radius 3 is 2.47 bits per heavy atom. The average Bonchev–Trinajstić information content (AvgIpc) is 2.84. The van der Waals surface area contributed by atoms with Crippen LogP contribution in [0.4, 0.5) is 15.8 Å². The Morgan fingerprint density at radius 1 is 1.03 bits per heavy atom. The number of halogens is 1. The van der Waals surface area contributed by atoms with Gasteiger partial charge in [0, 0.05) is 29.9 Å². The summed E-state index contributed by atoms with van der Waals surface area (Å²) in [4.78, 5) is 15.2. The lowest BCUT2D eigenvalue weighted by molar-refractivity contribution is -0.111. The number of carbonyl (C=O) groups excluding carboxylic acids is 1. The van der Waals surface area contributed by atoms with E-state index in [1.165, 1.54) is 6.07 Å². The third-order valence-electron chi connectivity index (χ3n) is 5.33. The molecule has 3 aromatic rings. The van der Waals surface area contributed by atoms with Crippen LogP contribution in [-0.4, -0.2) is 39.3 Å². The van der Waals surface area contributed by atoms with Crippen LogP contribution >= 0.6 is 0 Å². The fraction of sp³-hybridized carbons (Fsp3) is 0.192. The van der Waals surface area contributed by atoms with Gasteiger partial charge in [-0.3, -0.25) is 4.79 Å². The highest BCUT2D eigenvalue weighted by Crippen LogP contribution is 2.27. The smallest absolute Gasteiger partial charge is 0.256 e. The maximum Gasteiger partial charge on any atom is 0.256 e. The van der Waals surface area contributed by atoms with Crippen LogP contribution in [0.15, 0.2) is 72.8 Å². The Kier molecular flexibility index (Phi) is 6.82. The van der Waals surface area contributed by atoms with Gasteiger partial charge in [-0.15, -0.1) is 0 Å². The number of benzene rings is 3. The second-order valence-corrected chi connectivity index (χ2v) is 7.39. The van der Waals surface area contributed by atoms with Crippen molar-refractivity contribution in [1.82, 2.24) is 0 Å². The normalized spacial score (nSPS) is 14.2. The maximum absolute atomic E-state index is 14.8. The Hall–Kier alpha value is -3.64. The third kappa shape index (κ3) is 4.98. The van der Waals surface area contributed by atoms with E-state index in [-0.39, 0.29) is 11.7 Å². The van der Waals surface area contributed by atoms with Crippen LogP contribution in [0.1, 0.15) is 11.1 Å². The molecule has 1 aliphatic heterocycles. The topological polar surface area (TPSA) is 50.8 Å². The van der Waals surface area contributed by atoms with E-state index >= 15 is 0 Å². The van der Waals surface area contributed by atoms with Gasteiger partial charge in [-0.25, -0.2) is 4.39 Å². The first-order chi connectivity index (χ1) is 15.7. The van der Waals surface area contributed by atoms with E-state index in [1.54, 1.807) is 25.3 Å². The summed E-state index contributed by atoms with van der Waals surface area (Å²) in [6.45, 7) is 2.43. The molecule has 0 aromatic heterocycles. The van der Waals surface area contributed by atoms with E-state index in [9.17, 15) is 9.18 Å². The number of nitrogens with zero attached hydrogens (tertiary/aromatic N) is 1. The molecule has 0 unspecified atom stereocenters. The van der Waals surface area contributed by atoms with Gasteiger partial charge in [0.05, 0.1) is 26.0 Å². The van der Waals surface area contributed by atoms with Gasteiger partial charge in [0.25, 0.3) is 5.91 Å². The summed E-state index contributed by atoms with van der Waals surface area (Å²) >= 11 is 0. The van der Waals surface area contributed by atoms with Crippen molar-refractivity contribution >= 4 is 28.9 Å². The number of para-hydroxylation sites is 1. The molecule has 1 aliphatic rings. The molecular weight excluding hydrogens is 407 g/mol. The van der Waals surface area contributed by atoms with E-state index in [0.29, 0.717) is 49.0 Å². The molecular formula is C26H25FN2O3. The fourth-order valence-corrected chi connectivity index (χ4v) is 3.68. The van der Waals surface area contributed by atoms with Gasteiger partial charge in [0.1, 0.15) is 11.6 Å². The number of ether oxygens (including phenoxy) is 2. The maximum atomic E-state index is 14.8. The van der Waals surface area contributed by atoms with Gasteiger partial charge in [0.15, 0.2) is 0 Å². The van der Waals surface area contributed by atoms with Gasteiger partial charge < -0.3 is 19.7 Å². The van der Waals surface area contributed by atoms with Gasteiger partial charge in [-0.2, -0.15) is 0 Å². The van der Waals surface area contributed by atoms with Crippen LogP contribution in [0.25, 0.3) is 11.6 Å². The summed E-state index contributed by atoms with van der Waals surface area (Å²) in [6.07, 6.45) is 1.78. The van der Waals surface area contributed by atoms with Crippen molar-refractivity contribution in [2.24, 2.45) is 0 Å². The lowest BCUT2D eigenvalue weighted by Crippen LogP contribution is -2.36. The lowest BCUT2D eigenvalue weighted by Gasteiger charge is -2.29. The molecule has 0 radical (unpaired) electrons. The van der Waals surface area contributed by atoms with Crippen molar-refractivity contribution in [3.8, 4) is 5.75 Å². The molecule has 0 atom stereocenters. The third-order valence-corrected chi connectivity index (χ3v) is 5.33. The van der Waals surface area contributed by atoms with E-state index < -0.39 is 0 Å². The van der Waals surface area contributed by atoms with Crippen molar-refractivity contribution in [1.29, 1.82) is 0 Å². The summed E-state index contributed by atoms with van der Waals surface area (Å²) < 4.78 is 25.6. The van der Waals surface area contributed by atoms with Crippen molar-refractivity contribution in [3.05, 3.63) is 89.7 Å². The summed E-state index contributed by atoms with van der Waals surface area (Å²) in [6, 6.07) is 21.6. The van der Waals surface area contributed by atoms with Crippen LogP contribution in [-0.2, 0) is 9.53 Å². The summed E-state index contributed by atoms with van der Waals surface area (Å²) in [7, 11) is 1.59. The second kappa shape index (κ2) is 10.1. The fourth-order valence-electron chi connectivity index (χ4n) is 3.68. The van der Waals surface area contributed by atoms with Crippen LogP contribution in [0, 0.1) is 5.82 Å². The first-order valence-corrected chi connectivity index (χ1v) is 10.5. The predicted octanol–water partition coefficient (Wildman–Crippen LogP) is 4.85. The first kappa shape index (κ1) is 21.6. The van der Waals surface area contributed by atoms with Gasteiger partial charge in [-0.05, 0) is 35.9 Å². The molecule has 4 rings (SSSR count). The molecule has 0 aliphatic carbocycles. The molecule has 164 valence electrons. The quantitative estimate of drug-likeness (QED) is 0.447. The van der Waals surface area contributed by atoms with Crippen molar-refractivity contribution in [3.63, 3.8) is 0 Å². The molecule has 1 heterocycles. The zero-order valence-corrected chi connectivity index (χ0v) is 17.9. The van der Waals surface area contributed by atoms with E-state index in [0.717, 1.165) is 11.1 Å². The number of amides is 1. The van der Waals surface area contributed by atoms with E-state index in [4.69, 9.17) is 9.47 Å².